The summed E-state index contributed by atoms with van der Waals surface area (Å²) in [4.78, 5) is 42.5. The van der Waals surface area contributed by atoms with E-state index in [1.165, 1.54) is 11.3 Å². The maximum Gasteiger partial charge on any atom is 0.340 e. The van der Waals surface area contributed by atoms with Gasteiger partial charge in [-0.1, -0.05) is 12.1 Å². The predicted octanol–water partition coefficient (Wildman–Crippen LogP) is 2.61. The van der Waals surface area contributed by atoms with Crippen molar-refractivity contribution in [2.24, 2.45) is 0 Å². The lowest BCUT2D eigenvalue weighted by Crippen LogP contribution is -2.27. The average Bonchev–Trinajstić information content (AvgIpc) is 3.28. The SMILES string of the molecule is Cc1csc([C@@H](C#N)C(=O)COC(=O)c2ccccc2N2CCCC2=O)n1. The number of aromatic nitrogens is 1. The minimum absolute atomic E-state index is 0.0463. The molecule has 0 spiro atoms. The van der Waals surface area contributed by atoms with Gasteiger partial charge < -0.3 is 9.64 Å². The van der Waals surface area contributed by atoms with E-state index in [1.807, 2.05) is 6.07 Å². The van der Waals surface area contributed by atoms with Crippen LogP contribution in [0.5, 0.6) is 0 Å². The van der Waals surface area contributed by atoms with E-state index in [-0.39, 0.29) is 11.5 Å². The maximum absolute atomic E-state index is 12.5. The second-order valence-corrected chi connectivity index (χ2v) is 6.99. The van der Waals surface area contributed by atoms with Gasteiger partial charge in [-0.2, -0.15) is 5.26 Å². The largest absolute Gasteiger partial charge is 0.454 e. The number of hydrogen-bond donors (Lipinski definition) is 0. The number of carbonyl (C=O) groups excluding carboxylic acids is 3. The molecule has 27 heavy (non-hydrogen) atoms. The summed E-state index contributed by atoms with van der Waals surface area (Å²) in [6, 6.07) is 8.55. The van der Waals surface area contributed by atoms with E-state index in [2.05, 4.69) is 4.98 Å². The van der Waals surface area contributed by atoms with E-state index in [0.717, 1.165) is 12.1 Å². The molecule has 1 saturated heterocycles. The molecule has 0 N–H and O–H groups in total. The zero-order valence-electron chi connectivity index (χ0n) is 14.7. The Morgan fingerprint density at radius 1 is 1.41 bits per heavy atom. The molecule has 2 heterocycles. The number of thiazole rings is 1. The number of Topliss-reactive ketones (excluding diaryl/α,β-unsaturated/α-hetero) is 1. The van der Waals surface area contributed by atoms with Crippen molar-refractivity contribution < 1.29 is 19.1 Å². The Labute approximate surface area is 160 Å². The number of nitrogens with zero attached hydrogens (tertiary/aromatic N) is 3. The molecule has 1 aromatic heterocycles. The van der Waals surface area contributed by atoms with Gasteiger partial charge in [0.15, 0.2) is 18.3 Å². The molecule has 0 bridgehead atoms. The van der Waals surface area contributed by atoms with Crippen molar-refractivity contribution in [3.05, 3.63) is 45.9 Å². The number of para-hydroxylation sites is 1. The van der Waals surface area contributed by atoms with E-state index >= 15 is 0 Å². The Morgan fingerprint density at radius 2 is 2.19 bits per heavy atom. The molecule has 2 aromatic rings. The number of carbonyl (C=O) groups is 3. The fraction of sp³-hybridized carbons (Fsp3) is 0.316. The molecule has 1 fully saturated rings. The van der Waals surface area contributed by atoms with Gasteiger partial charge in [-0.25, -0.2) is 9.78 Å². The summed E-state index contributed by atoms with van der Waals surface area (Å²) < 4.78 is 5.14. The lowest BCUT2D eigenvalue weighted by Gasteiger charge is -2.18. The first-order chi connectivity index (χ1) is 13.0. The summed E-state index contributed by atoms with van der Waals surface area (Å²) in [5.74, 6) is -2.34. The molecular formula is C19H17N3O4S. The molecule has 138 valence electrons. The first-order valence-corrected chi connectivity index (χ1v) is 9.30. The summed E-state index contributed by atoms with van der Waals surface area (Å²) in [6.45, 7) is 1.79. The second-order valence-electron chi connectivity index (χ2n) is 6.10. The third kappa shape index (κ3) is 4.04. The van der Waals surface area contributed by atoms with Crippen LogP contribution in [0.1, 0.15) is 39.8 Å². The lowest BCUT2D eigenvalue weighted by atomic mass is 10.1. The van der Waals surface area contributed by atoms with Crippen molar-refractivity contribution in [3.63, 3.8) is 0 Å². The van der Waals surface area contributed by atoms with Crippen LogP contribution in [0, 0.1) is 18.3 Å². The molecule has 1 aliphatic rings. The highest BCUT2D eigenvalue weighted by Gasteiger charge is 2.28. The van der Waals surface area contributed by atoms with Crippen molar-refractivity contribution in [1.29, 1.82) is 5.26 Å². The Morgan fingerprint density at radius 3 is 2.81 bits per heavy atom. The van der Waals surface area contributed by atoms with Crippen LogP contribution in [0.2, 0.25) is 0 Å². The van der Waals surface area contributed by atoms with Gasteiger partial charge in [0.2, 0.25) is 5.91 Å². The molecule has 0 saturated carbocycles. The van der Waals surface area contributed by atoms with E-state index in [9.17, 15) is 19.6 Å². The number of esters is 1. The van der Waals surface area contributed by atoms with Gasteiger partial charge in [0, 0.05) is 24.0 Å². The molecule has 0 aliphatic carbocycles. The smallest absolute Gasteiger partial charge is 0.340 e. The Hall–Kier alpha value is -3.05. The quantitative estimate of drug-likeness (QED) is 0.711. The molecule has 3 rings (SSSR count). The molecule has 1 aromatic carbocycles. The highest BCUT2D eigenvalue weighted by molar-refractivity contribution is 7.09. The summed E-state index contributed by atoms with van der Waals surface area (Å²) >= 11 is 1.22. The number of anilines is 1. The molecule has 7 nitrogen and oxygen atoms in total. The third-order valence-corrected chi connectivity index (χ3v) is 5.20. The van der Waals surface area contributed by atoms with E-state index in [1.54, 1.807) is 41.5 Å². The van der Waals surface area contributed by atoms with Crippen LogP contribution in [-0.4, -0.2) is 35.8 Å². The number of rotatable bonds is 6. The Bertz CT molecular complexity index is 931. The molecule has 1 atom stereocenters. The van der Waals surface area contributed by atoms with E-state index in [0.29, 0.717) is 23.7 Å². The minimum atomic E-state index is -1.06. The Kier molecular flexibility index (Phi) is 5.62. The third-order valence-electron chi connectivity index (χ3n) is 4.17. The van der Waals surface area contributed by atoms with Crippen molar-refractivity contribution in [1.82, 2.24) is 4.98 Å². The van der Waals surface area contributed by atoms with Crippen molar-refractivity contribution >= 4 is 34.7 Å². The highest BCUT2D eigenvalue weighted by Crippen LogP contribution is 2.26. The van der Waals surface area contributed by atoms with E-state index in [4.69, 9.17) is 4.74 Å². The predicted molar refractivity (Wildman–Crippen MR) is 98.5 cm³/mol. The monoisotopic (exact) mass is 383 g/mol. The average molecular weight is 383 g/mol. The number of ether oxygens (including phenoxy) is 1. The molecule has 1 amide bonds. The molecule has 1 aliphatic heterocycles. The normalized spacial score (nSPS) is 14.7. The number of hydrogen-bond acceptors (Lipinski definition) is 7. The topological polar surface area (TPSA) is 100 Å². The van der Waals surface area contributed by atoms with Gasteiger partial charge in [-0.15, -0.1) is 11.3 Å². The summed E-state index contributed by atoms with van der Waals surface area (Å²) in [7, 11) is 0. The summed E-state index contributed by atoms with van der Waals surface area (Å²) in [6.07, 6.45) is 1.18. The van der Waals surface area contributed by atoms with Crippen LogP contribution in [0.4, 0.5) is 5.69 Å². The van der Waals surface area contributed by atoms with Crippen molar-refractivity contribution in [2.45, 2.75) is 25.7 Å². The molecule has 8 heteroatoms. The number of amides is 1. The number of aryl methyl sites for hydroxylation is 1. The van der Waals surface area contributed by atoms with Gasteiger partial charge in [0.05, 0.1) is 17.3 Å². The van der Waals surface area contributed by atoms with Crippen LogP contribution in [0.3, 0.4) is 0 Å². The van der Waals surface area contributed by atoms with Gasteiger partial charge >= 0.3 is 5.97 Å². The Balaban J connectivity index is 1.70. The minimum Gasteiger partial charge on any atom is -0.454 e. The number of benzene rings is 1. The molecular weight excluding hydrogens is 366 g/mol. The standard InChI is InChI=1S/C19H17N3O4S/c1-12-11-27-18(21-12)14(9-20)16(23)10-26-19(25)13-5-2-3-6-15(13)22-8-4-7-17(22)24/h2-3,5-6,11,14H,4,7-8,10H2,1H3/t14-/m0/s1. The lowest BCUT2D eigenvalue weighted by molar-refractivity contribution is -0.122. The molecule has 0 unspecified atom stereocenters. The first-order valence-electron chi connectivity index (χ1n) is 8.42. The fourth-order valence-corrected chi connectivity index (χ4v) is 3.71. The first kappa shape index (κ1) is 18.7. The van der Waals surface area contributed by atoms with Crippen LogP contribution < -0.4 is 4.90 Å². The zero-order valence-corrected chi connectivity index (χ0v) is 15.5. The number of nitriles is 1. The summed E-state index contributed by atoms with van der Waals surface area (Å²) in [5.41, 5.74) is 1.42. The second kappa shape index (κ2) is 8.10. The fourth-order valence-electron chi connectivity index (χ4n) is 2.85. The van der Waals surface area contributed by atoms with Crippen LogP contribution in [0.15, 0.2) is 29.6 Å². The number of ketones is 1. The highest BCUT2D eigenvalue weighted by atomic mass is 32.1. The van der Waals surface area contributed by atoms with Crippen LogP contribution >= 0.6 is 11.3 Å². The maximum atomic E-state index is 12.5. The van der Waals surface area contributed by atoms with Gasteiger partial charge in [0.1, 0.15) is 5.01 Å². The van der Waals surface area contributed by atoms with Crippen LogP contribution in [-0.2, 0) is 14.3 Å². The summed E-state index contributed by atoms with van der Waals surface area (Å²) in [5, 5.41) is 11.4. The molecule has 0 radical (unpaired) electrons. The van der Waals surface area contributed by atoms with Crippen LogP contribution in [0.25, 0.3) is 0 Å². The van der Waals surface area contributed by atoms with Crippen molar-refractivity contribution in [3.8, 4) is 6.07 Å². The van der Waals surface area contributed by atoms with Gasteiger partial charge in [-0.05, 0) is 25.5 Å². The van der Waals surface area contributed by atoms with Crippen molar-refractivity contribution in [2.75, 3.05) is 18.1 Å². The van der Waals surface area contributed by atoms with Gasteiger partial charge in [0.25, 0.3) is 0 Å². The van der Waals surface area contributed by atoms with E-state index < -0.39 is 24.3 Å². The zero-order chi connectivity index (χ0) is 19.4. The van der Waals surface area contributed by atoms with Gasteiger partial charge in [-0.3, -0.25) is 9.59 Å².